The first-order valence-electron chi connectivity index (χ1n) is 38.7. The lowest BCUT2D eigenvalue weighted by Crippen LogP contribution is -2.51. The summed E-state index contributed by atoms with van der Waals surface area (Å²) in [7, 11) is 3.57. The van der Waals surface area contributed by atoms with Crippen LogP contribution < -0.4 is 18.9 Å². The average Bonchev–Trinajstić information content (AvgIpc) is 0.670. The molecular weight excluding hydrogens is 1350 g/mol. The van der Waals surface area contributed by atoms with Crippen LogP contribution in [0.15, 0.2) is 158 Å². The molecular formula is C94H96N4O10. The summed E-state index contributed by atoms with van der Waals surface area (Å²) < 4.78 is 30.4. The fourth-order valence-electron chi connectivity index (χ4n) is 17.3. The predicted molar refractivity (Wildman–Crippen MR) is 428 cm³/mol. The number of aryl methyl sites for hydroxylation is 4. The van der Waals surface area contributed by atoms with Crippen molar-refractivity contribution in [2.75, 3.05) is 14.1 Å². The third kappa shape index (κ3) is 13.2. The molecule has 552 valence electrons. The Labute approximate surface area is 633 Å². The van der Waals surface area contributed by atoms with Gasteiger partial charge in [0.2, 0.25) is 0 Å². The van der Waals surface area contributed by atoms with Crippen molar-refractivity contribution >= 4 is 78.5 Å². The Kier molecular flexibility index (Phi) is 19.5. The minimum Gasteiger partial charge on any atom is -0.457 e. The number of rotatable bonds is 20. The lowest BCUT2D eigenvalue weighted by Gasteiger charge is -2.39. The van der Waals surface area contributed by atoms with E-state index >= 15 is 28.8 Å². The van der Waals surface area contributed by atoms with Crippen LogP contribution in [0.3, 0.4) is 0 Å². The number of benzene rings is 11. The zero-order valence-electron chi connectivity index (χ0n) is 64.6. The van der Waals surface area contributed by atoms with E-state index in [1.165, 1.54) is 0 Å². The minimum atomic E-state index is -1.41. The third-order valence-corrected chi connectivity index (χ3v) is 23.0. The highest BCUT2D eigenvalue weighted by atomic mass is 16.5. The first kappa shape index (κ1) is 72.7. The maximum atomic E-state index is 16.9. The van der Waals surface area contributed by atoms with Gasteiger partial charge in [0.1, 0.15) is 58.1 Å². The molecule has 4 aliphatic rings. The second-order valence-electron chi connectivity index (χ2n) is 32.1. The number of hydrogen-bond acceptors (Lipinski definition) is 10. The van der Waals surface area contributed by atoms with Crippen LogP contribution in [0, 0.1) is 27.7 Å². The van der Waals surface area contributed by atoms with Gasteiger partial charge in [-0.05, 0) is 205 Å². The second kappa shape index (κ2) is 29.0. The lowest BCUT2D eigenvalue weighted by atomic mass is 9.80. The highest BCUT2D eigenvalue weighted by molar-refractivity contribution is 6.45. The highest BCUT2D eigenvalue weighted by Crippen LogP contribution is 2.59. The Morgan fingerprint density at radius 2 is 0.574 bits per heavy atom. The number of imide groups is 2. The number of likely N-dealkylation sites (N-methyl/N-ethyl adjacent to an activating group) is 2. The van der Waals surface area contributed by atoms with Gasteiger partial charge >= 0.3 is 0 Å². The molecule has 2 heterocycles. The summed E-state index contributed by atoms with van der Waals surface area (Å²) in [6.07, 6.45) is 8.99. The molecule has 11 aromatic rings. The van der Waals surface area contributed by atoms with E-state index in [2.05, 4.69) is 79.7 Å². The van der Waals surface area contributed by atoms with Crippen LogP contribution in [0.4, 0.5) is 0 Å². The molecule has 2 aliphatic heterocycles. The van der Waals surface area contributed by atoms with Crippen LogP contribution in [0.5, 0.6) is 46.0 Å². The molecule has 0 aromatic heterocycles. The van der Waals surface area contributed by atoms with Crippen molar-refractivity contribution in [3.8, 4) is 46.0 Å². The van der Waals surface area contributed by atoms with Gasteiger partial charge in [0, 0.05) is 69.3 Å². The zero-order valence-corrected chi connectivity index (χ0v) is 64.6. The molecule has 2 atom stereocenters. The van der Waals surface area contributed by atoms with E-state index < -0.39 is 47.5 Å². The molecule has 2 fully saturated rings. The van der Waals surface area contributed by atoms with Crippen LogP contribution >= 0.6 is 0 Å². The topological polar surface area (TPSA) is 152 Å². The van der Waals surface area contributed by atoms with Gasteiger partial charge in [-0.15, -0.1) is 0 Å². The van der Waals surface area contributed by atoms with E-state index in [1.807, 2.05) is 113 Å². The van der Waals surface area contributed by atoms with E-state index in [0.29, 0.717) is 66.4 Å². The van der Waals surface area contributed by atoms with Crippen LogP contribution in [0.2, 0.25) is 0 Å². The van der Waals surface area contributed by atoms with E-state index in [4.69, 9.17) is 18.9 Å². The largest absolute Gasteiger partial charge is 0.457 e. The van der Waals surface area contributed by atoms with Crippen LogP contribution in [-0.4, -0.2) is 81.2 Å². The second-order valence-corrected chi connectivity index (χ2v) is 32.1. The van der Waals surface area contributed by atoms with Gasteiger partial charge in [0.05, 0.1) is 22.3 Å². The Bertz CT molecular complexity index is 4870. The predicted octanol–water partition coefficient (Wildman–Crippen LogP) is 22.9. The molecule has 6 amide bonds. The summed E-state index contributed by atoms with van der Waals surface area (Å²) in [5, 5.41) is 2.64. The number of carbonyl (C=O) groups is 6. The van der Waals surface area contributed by atoms with Gasteiger partial charge < -0.3 is 28.7 Å². The van der Waals surface area contributed by atoms with Gasteiger partial charge in [-0.3, -0.25) is 38.6 Å². The number of nitrogens with zero attached hydrogens (tertiary/aromatic N) is 4. The number of carbonyl (C=O) groups excluding carboxylic acids is 6. The molecule has 2 saturated carbocycles. The maximum Gasteiger partial charge on any atom is 0.262 e. The summed E-state index contributed by atoms with van der Waals surface area (Å²) in [6.45, 7) is 24.9. The van der Waals surface area contributed by atoms with Crippen LogP contribution in [-0.2, 0) is 9.59 Å². The molecule has 14 nitrogen and oxygen atoms in total. The fraction of sp³-hybridized carbons (Fsp3) is 0.340. The number of fused-ring (bicyclic) bond motifs is 2. The van der Waals surface area contributed by atoms with E-state index in [-0.39, 0.29) is 91.8 Å². The zero-order chi connectivity index (χ0) is 76.0. The van der Waals surface area contributed by atoms with Crippen LogP contribution in [0.25, 0.3) is 43.1 Å². The molecule has 15 rings (SSSR count). The first-order valence-corrected chi connectivity index (χ1v) is 38.7. The Morgan fingerprint density at radius 1 is 0.324 bits per heavy atom. The molecule has 0 saturated heterocycles. The summed E-state index contributed by atoms with van der Waals surface area (Å²) in [5.74, 6) is -1.07. The Morgan fingerprint density at radius 3 is 0.815 bits per heavy atom. The lowest BCUT2D eigenvalue weighted by molar-refractivity contribution is -0.137. The van der Waals surface area contributed by atoms with E-state index in [0.717, 1.165) is 119 Å². The maximum absolute atomic E-state index is 16.9. The average molecular weight is 1440 g/mol. The monoisotopic (exact) mass is 1440 g/mol. The van der Waals surface area contributed by atoms with Crippen molar-refractivity contribution in [2.24, 2.45) is 0 Å². The summed E-state index contributed by atoms with van der Waals surface area (Å²) >= 11 is 0. The third-order valence-electron chi connectivity index (χ3n) is 23.0. The molecule has 108 heavy (non-hydrogen) atoms. The van der Waals surface area contributed by atoms with E-state index in [1.54, 1.807) is 72.4 Å². The van der Waals surface area contributed by atoms with E-state index in [9.17, 15) is 0 Å². The van der Waals surface area contributed by atoms with Gasteiger partial charge in [0.25, 0.3) is 35.4 Å². The van der Waals surface area contributed by atoms with Gasteiger partial charge in [-0.1, -0.05) is 179 Å². The summed E-state index contributed by atoms with van der Waals surface area (Å²) in [4.78, 5) is 105. The van der Waals surface area contributed by atoms with Gasteiger partial charge in [-0.2, -0.15) is 0 Å². The molecule has 2 aliphatic carbocycles. The first-order chi connectivity index (χ1) is 51.8. The van der Waals surface area contributed by atoms with Crippen molar-refractivity contribution in [1.29, 1.82) is 0 Å². The standard InChI is InChI=1S/C94H96N4O10/c1-51(2)61-35-55(9)39-67(43-61)105-75-47-71-79-72(90(100)97(89(71)99)87(59-27-19-15-20-28-59)93(103)95(13)65-31-23-17-24-32-65)49-77(107-69-41-57(11)37-63(45-69)53(5)6)83-84-78(108-70-42-58(12)38-64(46-70)54(7)8)50-74-80-73(48-76(82(86(80)84)81(75)85(79)83)106-68-40-56(10)36-62(44-68)52(3)4)91(101)98(92(74)102)88(60-29-21-16-22-30-60)94(104)96(14)66-33-25-18-26-34-66/h15-16,19-22,27-30,35-54,65-66,87-88H,17-18,23-26,31-34H2,1-14H3. The summed E-state index contributed by atoms with van der Waals surface area (Å²) in [5.41, 5.74) is 8.81. The number of ether oxygens (including phenoxy) is 4. The fourth-order valence-corrected chi connectivity index (χ4v) is 17.3. The normalized spacial score (nSPS) is 15.6. The molecule has 0 radical (unpaired) electrons. The van der Waals surface area contributed by atoms with Crippen molar-refractivity contribution in [3.05, 3.63) is 236 Å². The summed E-state index contributed by atoms with van der Waals surface area (Å²) in [6, 6.07) is 46.0. The quantitative estimate of drug-likeness (QED) is 0.0409. The molecule has 0 bridgehead atoms. The van der Waals surface area contributed by atoms with Gasteiger partial charge in [0.15, 0.2) is 0 Å². The van der Waals surface area contributed by atoms with Crippen molar-refractivity contribution in [3.63, 3.8) is 0 Å². The van der Waals surface area contributed by atoms with Crippen LogP contribution in [0.1, 0.15) is 252 Å². The van der Waals surface area contributed by atoms with Gasteiger partial charge in [-0.25, -0.2) is 0 Å². The molecule has 11 aromatic carbocycles. The van der Waals surface area contributed by atoms with Crippen molar-refractivity contribution in [1.82, 2.24) is 19.6 Å². The molecule has 0 N–H and O–H groups in total. The number of hydrogen-bond donors (Lipinski definition) is 0. The number of amides is 6. The Hall–Kier alpha value is -10.9. The molecule has 0 spiro atoms. The molecule has 2 unspecified atom stereocenters. The smallest absolute Gasteiger partial charge is 0.262 e. The highest BCUT2D eigenvalue weighted by Gasteiger charge is 2.49. The molecule has 14 heteroatoms. The SMILES string of the molecule is Cc1cc(Oc2cc3c4c(cc(Oc5cc(C)cc(C(C)C)c5)c5c6c(Oc7cc(C)cc(C(C)C)c7)cc7c8c(cc(Oc9cc(C)cc(C(C)C)c9)c(c2c45)c86)C(=O)N(C(C(=O)N(C)C2CCCCC2)c2ccccc2)C7=O)C(=O)N(C(C(=O)N(C)C2CCCCC2)c2ccccc2)C3=O)cc(C(C)C)c1. The minimum absolute atomic E-state index is 0.0611. The van der Waals surface area contributed by atoms with Crippen molar-refractivity contribution in [2.45, 2.75) is 195 Å². The van der Waals surface area contributed by atoms with Crippen molar-refractivity contribution < 1.29 is 47.7 Å². The Balaban J connectivity index is 1.14.